The summed E-state index contributed by atoms with van der Waals surface area (Å²) >= 11 is 9.63. The Morgan fingerprint density at radius 3 is 2.47 bits per heavy atom. The number of nitrogens with zero attached hydrogens (tertiary/aromatic N) is 3. The highest BCUT2D eigenvalue weighted by Crippen LogP contribution is 2.25. The molecule has 1 N–H and O–H groups in total. The average Bonchev–Trinajstić information content (AvgIpc) is 3.23. The van der Waals surface area contributed by atoms with E-state index in [0.29, 0.717) is 23.1 Å². The minimum Gasteiger partial charge on any atom is -0.494 e. The summed E-state index contributed by atoms with van der Waals surface area (Å²) in [7, 11) is 0. The quantitative estimate of drug-likeness (QED) is 0.329. The van der Waals surface area contributed by atoms with Crippen LogP contribution in [0.3, 0.4) is 0 Å². The highest BCUT2D eigenvalue weighted by atomic mass is 79.9. The Bertz CT molecular complexity index is 1250. The summed E-state index contributed by atoms with van der Waals surface area (Å²) in [6.07, 6.45) is 0. The van der Waals surface area contributed by atoms with Crippen LogP contribution in [-0.2, 0) is 0 Å². The van der Waals surface area contributed by atoms with Crippen LogP contribution in [0.2, 0.25) is 5.02 Å². The van der Waals surface area contributed by atoms with E-state index < -0.39 is 5.91 Å². The Kier molecular flexibility index (Phi) is 6.58. The molecular formula is C24H20BrClN4O2. The number of nitrogens with one attached hydrogen (secondary N) is 1. The van der Waals surface area contributed by atoms with Gasteiger partial charge in [-0.3, -0.25) is 4.79 Å². The minimum absolute atomic E-state index is 0.0495. The van der Waals surface area contributed by atoms with Gasteiger partial charge in [-0.2, -0.15) is 0 Å². The molecule has 4 rings (SSSR count). The van der Waals surface area contributed by atoms with Crippen molar-refractivity contribution in [1.82, 2.24) is 14.8 Å². The maximum atomic E-state index is 12.9. The van der Waals surface area contributed by atoms with Gasteiger partial charge in [0.2, 0.25) is 5.82 Å². The monoisotopic (exact) mass is 510 g/mol. The third-order valence-corrected chi connectivity index (χ3v) is 5.67. The summed E-state index contributed by atoms with van der Waals surface area (Å²) in [6, 6.07) is 20.5. The molecule has 162 valence electrons. The van der Waals surface area contributed by atoms with Crippen LogP contribution in [-0.4, -0.2) is 27.3 Å². The summed E-state index contributed by atoms with van der Waals surface area (Å²) in [5.41, 5.74) is 3.09. The van der Waals surface area contributed by atoms with Gasteiger partial charge in [-0.25, -0.2) is 9.67 Å². The van der Waals surface area contributed by atoms with Crippen molar-refractivity contribution in [2.45, 2.75) is 13.8 Å². The number of carbonyl (C=O) groups is 1. The van der Waals surface area contributed by atoms with Gasteiger partial charge in [-0.05, 0) is 67.9 Å². The van der Waals surface area contributed by atoms with Crippen LogP contribution in [0.1, 0.15) is 23.1 Å². The number of anilines is 1. The van der Waals surface area contributed by atoms with Crippen molar-refractivity contribution in [3.8, 4) is 22.8 Å². The van der Waals surface area contributed by atoms with Crippen molar-refractivity contribution in [2.75, 3.05) is 11.9 Å². The Balaban J connectivity index is 1.72. The first kappa shape index (κ1) is 22.0. The van der Waals surface area contributed by atoms with Gasteiger partial charge in [0.25, 0.3) is 5.91 Å². The largest absolute Gasteiger partial charge is 0.494 e. The summed E-state index contributed by atoms with van der Waals surface area (Å²) < 4.78 is 8.12. The molecule has 0 saturated heterocycles. The maximum absolute atomic E-state index is 12.9. The molecule has 0 aliphatic rings. The van der Waals surface area contributed by atoms with Crippen molar-refractivity contribution < 1.29 is 9.53 Å². The van der Waals surface area contributed by atoms with Gasteiger partial charge in [-0.1, -0.05) is 45.7 Å². The zero-order valence-electron chi connectivity index (χ0n) is 17.5. The van der Waals surface area contributed by atoms with Gasteiger partial charge in [0.1, 0.15) is 5.75 Å². The van der Waals surface area contributed by atoms with Crippen LogP contribution in [0.4, 0.5) is 5.69 Å². The van der Waals surface area contributed by atoms with Crippen molar-refractivity contribution in [3.63, 3.8) is 0 Å². The van der Waals surface area contributed by atoms with E-state index in [1.165, 1.54) is 0 Å². The second kappa shape index (κ2) is 9.54. The molecular weight excluding hydrogens is 492 g/mol. The lowest BCUT2D eigenvalue weighted by molar-refractivity contribution is 0.101. The maximum Gasteiger partial charge on any atom is 0.295 e. The normalized spacial score (nSPS) is 10.8. The predicted octanol–water partition coefficient (Wildman–Crippen LogP) is 6.31. The second-order valence-corrected chi connectivity index (χ2v) is 8.35. The fraction of sp³-hybridized carbons (Fsp3) is 0.125. The van der Waals surface area contributed by atoms with Crippen LogP contribution in [0.5, 0.6) is 5.75 Å². The molecule has 1 aromatic heterocycles. The fourth-order valence-electron chi connectivity index (χ4n) is 3.08. The predicted molar refractivity (Wildman–Crippen MR) is 130 cm³/mol. The summed E-state index contributed by atoms with van der Waals surface area (Å²) in [6.45, 7) is 4.42. The van der Waals surface area contributed by atoms with Crippen molar-refractivity contribution in [3.05, 3.63) is 87.6 Å². The van der Waals surface area contributed by atoms with Gasteiger partial charge < -0.3 is 10.1 Å². The van der Waals surface area contributed by atoms with Crippen LogP contribution >= 0.6 is 27.5 Å². The number of hydrogen-bond acceptors (Lipinski definition) is 4. The molecule has 3 aromatic carbocycles. The van der Waals surface area contributed by atoms with Crippen LogP contribution < -0.4 is 10.1 Å². The summed E-state index contributed by atoms with van der Waals surface area (Å²) in [5.74, 6) is 0.936. The molecule has 0 bridgehead atoms. The third-order valence-electron chi connectivity index (χ3n) is 4.73. The SMILES string of the molecule is CCOc1ccc(-n2nc(C(=O)Nc3ccc(C)c(Cl)c3)nc2-c2ccc(Br)cc2)cc1. The number of benzene rings is 3. The molecule has 1 heterocycles. The first-order valence-electron chi connectivity index (χ1n) is 9.98. The Morgan fingerprint density at radius 2 is 1.81 bits per heavy atom. The zero-order chi connectivity index (χ0) is 22.7. The van der Waals surface area contributed by atoms with Gasteiger partial charge in [-0.15, -0.1) is 5.10 Å². The van der Waals surface area contributed by atoms with Crippen LogP contribution in [0, 0.1) is 6.92 Å². The number of rotatable bonds is 6. The smallest absolute Gasteiger partial charge is 0.295 e. The molecule has 0 saturated carbocycles. The van der Waals surface area contributed by atoms with Gasteiger partial charge in [0.05, 0.1) is 12.3 Å². The fourth-order valence-corrected chi connectivity index (χ4v) is 3.53. The highest BCUT2D eigenvalue weighted by molar-refractivity contribution is 9.10. The number of hydrogen-bond donors (Lipinski definition) is 1. The second-order valence-electron chi connectivity index (χ2n) is 7.02. The molecule has 6 nitrogen and oxygen atoms in total. The van der Waals surface area contributed by atoms with Gasteiger partial charge in [0.15, 0.2) is 5.82 Å². The van der Waals surface area contributed by atoms with E-state index in [0.717, 1.165) is 27.0 Å². The molecule has 0 aliphatic heterocycles. The molecule has 4 aromatic rings. The third kappa shape index (κ3) is 4.84. The number of aromatic nitrogens is 3. The topological polar surface area (TPSA) is 69.0 Å². The van der Waals surface area contributed by atoms with E-state index in [9.17, 15) is 4.79 Å². The zero-order valence-corrected chi connectivity index (χ0v) is 19.8. The lowest BCUT2D eigenvalue weighted by atomic mass is 10.2. The number of halogens is 2. The van der Waals surface area contributed by atoms with E-state index in [-0.39, 0.29) is 5.82 Å². The van der Waals surface area contributed by atoms with Crippen molar-refractivity contribution in [1.29, 1.82) is 0 Å². The molecule has 0 aliphatic carbocycles. The Morgan fingerprint density at radius 1 is 1.09 bits per heavy atom. The molecule has 0 spiro atoms. The van der Waals surface area contributed by atoms with E-state index >= 15 is 0 Å². The molecule has 0 atom stereocenters. The van der Waals surface area contributed by atoms with Crippen molar-refractivity contribution >= 4 is 39.1 Å². The molecule has 0 radical (unpaired) electrons. The van der Waals surface area contributed by atoms with Gasteiger partial charge in [0, 0.05) is 20.7 Å². The first-order valence-corrected chi connectivity index (χ1v) is 11.2. The molecule has 32 heavy (non-hydrogen) atoms. The van der Waals surface area contributed by atoms with E-state index in [1.807, 2.05) is 68.4 Å². The number of carbonyl (C=O) groups excluding carboxylic acids is 1. The van der Waals surface area contributed by atoms with Crippen LogP contribution in [0.25, 0.3) is 17.1 Å². The Labute approximate surface area is 199 Å². The number of aryl methyl sites for hydroxylation is 1. The van der Waals surface area contributed by atoms with Gasteiger partial charge >= 0.3 is 0 Å². The van der Waals surface area contributed by atoms with Crippen LogP contribution in [0.15, 0.2) is 71.2 Å². The minimum atomic E-state index is -0.423. The summed E-state index contributed by atoms with van der Waals surface area (Å²) in [5, 5.41) is 7.89. The summed E-state index contributed by atoms with van der Waals surface area (Å²) in [4.78, 5) is 17.5. The molecule has 8 heteroatoms. The molecule has 0 fully saturated rings. The lowest BCUT2D eigenvalue weighted by Gasteiger charge is -2.08. The molecule has 1 amide bonds. The van der Waals surface area contributed by atoms with E-state index in [2.05, 4.69) is 31.3 Å². The number of ether oxygens (including phenoxy) is 1. The Hall–Kier alpha value is -3.16. The number of amides is 1. The average molecular weight is 512 g/mol. The van der Waals surface area contributed by atoms with Crippen molar-refractivity contribution in [2.24, 2.45) is 0 Å². The first-order chi connectivity index (χ1) is 15.4. The highest BCUT2D eigenvalue weighted by Gasteiger charge is 2.19. The lowest BCUT2D eigenvalue weighted by Crippen LogP contribution is -2.14. The van der Waals surface area contributed by atoms with E-state index in [4.69, 9.17) is 16.3 Å². The van der Waals surface area contributed by atoms with E-state index in [1.54, 1.807) is 16.8 Å². The standard InChI is InChI=1S/C24H20BrClN4O2/c1-3-32-20-12-10-19(11-13-20)30-23(16-5-7-17(25)8-6-16)28-22(29-30)24(31)27-18-9-4-15(2)21(26)14-18/h4-14H,3H2,1-2H3,(H,27,31). The molecule has 0 unspecified atom stereocenters.